The fraction of sp³-hybridized carbons (Fsp3) is 0.625. The Hall–Kier alpha value is -1.22. The van der Waals surface area contributed by atoms with Crippen LogP contribution in [-0.4, -0.2) is 18.3 Å². The maximum Gasteiger partial charge on any atom is 0.161 e. The Labute approximate surface area is 115 Å². The molecule has 2 unspecified atom stereocenters. The molecule has 1 saturated carbocycles. The van der Waals surface area contributed by atoms with Crippen LogP contribution in [0, 0.1) is 5.92 Å². The van der Waals surface area contributed by atoms with Crippen LogP contribution in [0.5, 0.6) is 11.5 Å². The van der Waals surface area contributed by atoms with Gasteiger partial charge in [-0.2, -0.15) is 0 Å². The van der Waals surface area contributed by atoms with Gasteiger partial charge in [-0.3, -0.25) is 0 Å². The van der Waals surface area contributed by atoms with Crippen LogP contribution in [0.25, 0.3) is 0 Å². The smallest absolute Gasteiger partial charge is 0.161 e. The lowest BCUT2D eigenvalue weighted by molar-refractivity contribution is 0.118. The van der Waals surface area contributed by atoms with E-state index in [4.69, 9.17) is 9.47 Å². The number of methoxy groups -OCH3 is 1. The summed E-state index contributed by atoms with van der Waals surface area (Å²) in [6, 6.07) is 5.61. The van der Waals surface area contributed by atoms with Gasteiger partial charge in [-0.05, 0) is 42.9 Å². The molecular formula is C16H24O3. The first-order chi connectivity index (χ1) is 9.26. The molecule has 3 nitrogen and oxygen atoms in total. The second-order valence-corrected chi connectivity index (χ2v) is 5.32. The maximum atomic E-state index is 9.22. The van der Waals surface area contributed by atoms with Crippen LogP contribution < -0.4 is 9.47 Å². The Morgan fingerprint density at radius 1 is 1.26 bits per heavy atom. The van der Waals surface area contributed by atoms with Crippen LogP contribution in [-0.2, 0) is 6.61 Å². The molecule has 0 aliphatic heterocycles. The highest BCUT2D eigenvalue weighted by atomic mass is 16.5. The lowest BCUT2D eigenvalue weighted by Crippen LogP contribution is -2.25. The number of rotatable bonds is 5. The molecule has 0 radical (unpaired) electrons. The fourth-order valence-corrected chi connectivity index (χ4v) is 2.81. The fourth-order valence-electron chi connectivity index (χ4n) is 2.81. The van der Waals surface area contributed by atoms with Crippen molar-refractivity contribution < 1.29 is 14.6 Å². The Kier molecular flexibility index (Phi) is 5.08. The van der Waals surface area contributed by atoms with Crippen molar-refractivity contribution in [1.82, 2.24) is 0 Å². The Morgan fingerprint density at radius 3 is 2.79 bits per heavy atom. The van der Waals surface area contributed by atoms with Crippen LogP contribution in [0.4, 0.5) is 0 Å². The number of aliphatic hydroxyl groups is 1. The molecule has 106 valence electrons. The van der Waals surface area contributed by atoms with Gasteiger partial charge in [0.15, 0.2) is 11.5 Å². The minimum Gasteiger partial charge on any atom is -0.493 e. The normalized spacial score (nSPS) is 23.1. The van der Waals surface area contributed by atoms with Crippen molar-refractivity contribution in [2.45, 2.75) is 51.7 Å². The van der Waals surface area contributed by atoms with Gasteiger partial charge in [0, 0.05) is 0 Å². The van der Waals surface area contributed by atoms with Crippen molar-refractivity contribution >= 4 is 0 Å². The van der Waals surface area contributed by atoms with E-state index in [9.17, 15) is 5.11 Å². The van der Waals surface area contributed by atoms with Crippen LogP contribution in [0.3, 0.4) is 0 Å². The number of ether oxygens (including phenoxy) is 2. The van der Waals surface area contributed by atoms with Gasteiger partial charge >= 0.3 is 0 Å². The van der Waals surface area contributed by atoms with Gasteiger partial charge in [-0.25, -0.2) is 0 Å². The Balaban J connectivity index is 2.08. The van der Waals surface area contributed by atoms with E-state index in [0.717, 1.165) is 35.8 Å². The molecule has 1 aromatic carbocycles. The molecule has 1 aromatic rings. The minimum atomic E-state index is 0.0304. The lowest BCUT2D eigenvalue weighted by Gasteiger charge is -2.29. The first kappa shape index (κ1) is 14.2. The molecule has 0 saturated heterocycles. The van der Waals surface area contributed by atoms with Crippen LogP contribution in [0.2, 0.25) is 0 Å². The highest BCUT2D eigenvalue weighted by Gasteiger charge is 2.23. The zero-order chi connectivity index (χ0) is 13.7. The number of benzene rings is 1. The van der Waals surface area contributed by atoms with Crippen LogP contribution >= 0.6 is 0 Å². The first-order valence-electron chi connectivity index (χ1n) is 7.21. The molecule has 2 atom stereocenters. The highest BCUT2D eigenvalue weighted by Crippen LogP contribution is 2.34. The van der Waals surface area contributed by atoms with E-state index in [0.29, 0.717) is 0 Å². The molecule has 0 amide bonds. The zero-order valence-electron chi connectivity index (χ0n) is 11.9. The summed E-state index contributed by atoms with van der Waals surface area (Å²) in [5.41, 5.74) is 0.860. The molecular weight excluding hydrogens is 240 g/mol. The van der Waals surface area contributed by atoms with Crippen molar-refractivity contribution in [3.05, 3.63) is 23.8 Å². The monoisotopic (exact) mass is 264 g/mol. The van der Waals surface area contributed by atoms with Gasteiger partial charge in [0.2, 0.25) is 0 Å². The number of hydrogen-bond donors (Lipinski definition) is 1. The molecule has 2 rings (SSSR count). The van der Waals surface area contributed by atoms with Crippen molar-refractivity contribution in [3.63, 3.8) is 0 Å². The van der Waals surface area contributed by atoms with E-state index in [2.05, 4.69) is 6.92 Å². The van der Waals surface area contributed by atoms with Gasteiger partial charge in [0.25, 0.3) is 0 Å². The zero-order valence-corrected chi connectivity index (χ0v) is 11.9. The SMILES string of the molecule is CCC1CCCC(Oc2cc(CO)ccc2OC)C1. The third-order valence-corrected chi connectivity index (χ3v) is 4.02. The molecule has 0 aromatic heterocycles. The van der Waals surface area contributed by atoms with E-state index in [1.807, 2.05) is 18.2 Å². The molecule has 1 fully saturated rings. The molecule has 0 bridgehead atoms. The van der Waals surface area contributed by atoms with Gasteiger partial charge < -0.3 is 14.6 Å². The van der Waals surface area contributed by atoms with Gasteiger partial charge in [-0.15, -0.1) is 0 Å². The van der Waals surface area contributed by atoms with Gasteiger partial charge in [-0.1, -0.05) is 25.8 Å². The number of hydrogen-bond acceptors (Lipinski definition) is 3. The van der Waals surface area contributed by atoms with Gasteiger partial charge in [0.1, 0.15) is 0 Å². The molecule has 19 heavy (non-hydrogen) atoms. The third kappa shape index (κ3) is 3.63. The van der Waals surface area contributed by atoms with E-state index >= 15 is 0 Å². The average Bonchev–Trinajstić information content (AvgIpc) is 2.47. The number of aliphatic hydroxyl groups excluding tert-OH is 1. The lowest BCUT2D eigenvalue weighted by atomic mass is 9.85. The maximum absolute atomic E-state index is 9.22. The topological polar surface area (TPSA) is 38.7 Å². The van der Waals surface area contributed by atoms with Crippen LogP contribution in [0.15, 0.2) is 18.2 Å². The summed E-state index contributed by atoms with van der Waals surface area (Å²) in [4.78, 5) is 0. The highest BCUT2D eigenvalue weighted by molar-refractivity contribution is 5.42. The second-order valence-electron chi connectivity index (χ2n) is 5.32. The predicted octanol–water partition coefficient (Wildman–Crippen LogP) is 3.54. The summed E-state index contributed by atoms with van der Waals surface area (Å²) in [7, 11) is 1.65. The molecule has 0 heterocycles. The van der Waals surface area contributed by atoms with Crippen molar-refractivity contribution in [1.29, 1.82) is 0 Å². The standard InChI is InChI=1S/C16H24O3/c1-3-12-5-4-6-14(9-12)19-16-10-13(11-17)7-8-15(16)18-2/h7-8,10,12,14,17H,3-6,9,11H2,1-2H3. The Bertz CT molecular complexity index is 403. The largest absolute Gasteiger partial charge is 0.493 e. The summed E-state index contributed by atoms with van der Waals surface area (Å²) < 4.78 is 11.4. The molecule has 0 spiro atoms. The van der Waals surface area contributed by atoms with Crippen LogP contribution in [0.1, 0.15) is 44.6 Å². The van der Waals surface area contributed by atoms with Crippen molar-refractivity contribution in [2.75, 3.05) is 7.11 Å². The average molecular weight is 264 g/mol. The summed E-state index contributed by atoms with van der Waals surface area (Å²) in [6.07, 6.45) is 6.32. The van der Waals surface area contributed by atoms with E-state index in [1.165, 1.54) is 19.3 Å². The van der Waals surface area contributed by atoms with E-state index in [1.54, 1.807) is 7.11 Å². The predicted molar refractivity (Wildman–Crippen MR) is 75.6 cm³/mol. The summed E-state index contributed by atoms with van der Waals surface area (Å²) >= 11 is 0. The second kappa shape index (κ2) is 6.80. The van der Waals surface area contributed by atoms with Crippen molar-refractivity contribution in [2.24, 2.45) is 5.92 Å². The first-order valence-corrected chi connectivity index (χ1v) is 7.21. The van der Waals surface area contributed by atoms with E-state index < -0.39 is 0 Å². The third-order valence-electron chi connectivity index (χ3n) is 4.02. The minimum absolute atomic E-state index is 0.0304. The molecule has 1 N–H and O–H groups in total. The van der Waals surface area contributed by atoms with Gasteiger partial charge in [0.05, 0.1) is 19.8 Å². The molecule has 3 heteroatoms. The quantitative estimate of drug-likeness (QED) is 0.884. The molecule has 1 aliphatic carbocycles. The summed E-state index contributed by atoms with van der Waals surface area (Å²) in [5.74, 6) is 2.29. The van der Waals surface area contributed by atoms with Crippen molar-refractivity contribution in [3.8, 4) is 11.5 Å². The Morgan fingerprint density at radius 2 is 2.11 bits per heavy atom. The summed E-state index contributed by atoms with van der Waals surface area (Å²) in [6.45, 7) is 2.28. The molecule has 1 aliphatic rings. The summed E-state index contributed by atoms with van der Waals surface area (Å²) in [5, 5.41) is 9.22. The van der Waals surface area contributed by atoms with E-state index in [-0.39, 0.29) is 12.7 Å².